The van der Waals surface area contributed by atoms with E-state index in [9.17, 15) is 4.79 Å². The molecule has 0 saturated heterocycles. The van der Waals surface area contributed by atoms with E-state index in [0.717, 1.165) is 16.8 Å². The van der Waals surface area contributed by atoms with Crippen molar-refractivity contribution in [1.82, 2.24) is 0 Å². The van der Waals surface area contributed by atoms with Gasteiger partial charge in [-0.05, 0) is 37.8 Å². The Morgan fingerprint density at radius 3 is 1.96 bits per heavy atom. The van der Waals surface area contributed by atoms with Crippen LogP contribution in [-0.2, 0) is 14.9 Å². The minimum absolute atomic E-state index is 0.0736. The lowest BCUT2D eigenvalue weighted by Crippen LogP contribution is -2.29. The fraction of sp³-hybridized carbons (Fsp3) is 0.364. The highest BCUT2D eigenvalue weighted by Crippen LogP contribution is 2.32. The van der Waals surface area contributed by atoms with E-state index in [4.69, 9.17) is 9.73 Å². The van der Waals surface area contributed by atoms with E-state index in [1.165, 1.54) is 0 Å². The van der Waals surface area contributed by atoms with Crippen molar-refractivity contribution in [3.8, 4) is 0 Å². The van der Waals surface area contributed by atoms with Gasteiger partial charge in [-0.1, -0.05) is 69.3 Å². The number of aliphatic imine (C=N–C) groups is 1. The van der Waals surface area contributed by atoms with Gasteiger partial charge in [0, 0.05) is 5.56 Å². The van der Waals surface area contributed by atoms with Gasteiger partial charge < -0.3 is 4.74 Å². The topological polar surface area (TPSA) is 38.7 Å². The standard InChI is InChI=1S/C22H27NO2/c1-21(2,3)17-14-10-11-15-18(17)23-19(16-12-8-7-9-13-16)20(24)25-22(4,5)6/h7-15H,1-6H3. The van der Waals surface area contributed by atoms with Gasteiger partial charge in [0.1, 0.15) is 5.60 Å². The third-order valence-corrected chi connectivity index (χ3v) is 3.58. The zero-order chi connectivity index (χ0) is 18.7. The molecule has 132 valence electrons. The van der Waals surface area contributed by atoms with Crippen molar-refractivity contribution < 1.29 is 9.53 Å². The van der Waals surface area contributed by atoms with E-state index in [2.05, 4.69) is 26.8 Å². The first kappa shape index (κ1) is 18.9. The molecule has 0 N–H and O–H groups in total. The lowest BCUT2D eigenvalue weighted by atomic mass is 9.86. The third-order valence-electron chi connectivity index (χ3n) is 3.58. The lowest BCUT2D eigenvalue weighted by molar-refractivity contribution is -0.146. The molecule has 0 aliphatic rings. The van der Waals surface area contributed by atoms with Crippen LogP contribution in [0.4, 0.5) is 5.69 Å². The molecule has 0 fully saturated rings. The number of hydrogen-bond acceptors (Lipinski definition) is 3. The van der Waals surface area contributed by atoms with Crippen LogP contribution in [0.2, 0.25) is 0 Å². The molecule has 3 heteroatoms. The predicted octanol–water partition coefficient (Wildman–Crippen LogP) is 5.45. The summed E-state index contributed by atoms with van der Waals surface area (Å²) in [6.07, 6.45) is 0. The summed E-state index contributed by atoms with van der Waals surface area (Å²) in [4.78, 5) is 17.5. The molecule has 2 rings (SSSR count). The van der Waals surface area contributed by atoms with Gasteiger partial charge in [0.15, 0.2) is 5.71 Å². The smallest absolute Gasteiger partial charge is 0.358 e. The molecule has 2 aromatic carbocycles. The molecule has 0 aliphatic carbocycles. The van der Waals surface area contributed by atoms with Gasteiger partial charge in [0.05, 0.1) is 5.69 Å². The first-order chi connectivity index (χ1) is 11.6. The van der Waals surface area contributed by atoms with Crippen molar-refractivity contribution in [3.05, 3.63) is 65.7 Å². The average molecular weight is 337 g/mol. The second kappa shape index (κ2) is 7.22. The van der Waals surface area contributed by atoms with Crippen LogP contribution in [-0.4, -0.2) is 17.3 Å². The van der Waals surface area contributed by atoms with Crippen molar-refractivity contribution in [2.45, 2.75) is 52.6 Å². The lowest BCUT2D eigenvalue weighted by Gasteiger charge is -2.22. The molecule has 0 aromatic heterocycles. The maximum atomic E-state index is 12.8. The van der Waals surface area contributed by atoms with Crippen LogP contribution in [0.1, 0.15) is 52.7 Å². The number of rotatable bonds is 3. The molecule has 2 aromatic rings. The average Bonchev–Trinajstić information content (AvgIpc) is 2.51. The summed E-state index contributed by atoms with van der Waals surface area (Å²) in [5.41, 5.74) is 2.31. The van der Waals surface area contributed by atoms with Gasteiger partial charge >= 0.3 is 5.97 Å². The highest BCUT2D eigenvalue weighted by molar-refractivity contribution is 6.43. The van der Waals surface area contributed by atoms with Crippen molar-refractivity contribution in [2.75, 3.05) is 0 Å². The maximum Gasteiger partial charge on any atom is 0.358 e. The van der Waals surface area contributed by atoms with Crippen molar-refractivity contribution in [1.29, 1.82) is 0 Å². The van der Waals surface area contributed by atoms with Crippen molar-refractivity contribution in [3.63, 3.8) is 0 Å². The Kier molecular flexibility index (Phi) is 5.46. The number of nitrogens with zero attached hydrogens (tertiary/aromatic N) is 1. The highest BCUT2D eigenvalue weighted by Gasteiger charge is 2.24. The van der Waals surface area contributed by atoms with Gasteiger partial charge in [-0.2, -0.15) is 0 Å². The second-order valence-corrected chi connectivity index (χ2v) is 8.10. The van der Waals surface area contributed by atoms with E-state index in [1.807, 2.05) is 69.3 Å². The molecule has 0 bridgehead atoms. The quantitative estimate of drug-likeness (QED) is 0.552. The second-order valence-electron chi connectivity index (χ2n) is 8.10. The fourth-order valence-electron chi connectivity index (χ4n) is 2.48. The molecule has 0 unspecified atom stereocenters. The predicted molar refractivity (Wildman–Crippen MR) is 104 cm³/mol. The Bertz CT molecular complexity index is 763. The normalized spacial score (nSPS) is 12.8. The molecule has 0 atom stereocenters. The number of para-hydroxylation sites is 1. The SMILES string of the molecule is CC(C)(C)OC(=O)C(=Nc1ccccc1C(C)(C)C)c1ccccc1. The number of carbonyl (C=O) groups excluding carboxylic acids is 1. The minimum Gasteiger partial charge on any atom is -0.455 e. The van der Waals surface area contributed by atoms with Gasteiger partial charge in [-0.3, -0.25) is 0 Å². The number of hydrogen-bond donors (Lipinski definition) is 0. The summed E-state index contributed by atoms with van der Waals surface area (Å²) in [7, 11) is 0. The van der Waals surface area contributed by atoms with Crippen molar-refractivity contribution >= 4 is 17.4 Å². The molecule has 0 amide bonds. The molecule has 0 saturated carbocycles. The zero-order valence-electron chi connectivity index (χ0n) is 16.0. The fourth-order valence-corrected chi connectivity index (χ4v) is 2.48. The first-order valence-corrected chi connectivity index (χ1v) is 8.55. The Balaban J connectivity index is 2.58. The minimum atomic E-state index is -0.573. The Labute approximate surface area is 150 Å². The molecule has 25 heavy (non-hydrogen) atoms. The zero-order valence-corrected chi connectivity index (χ0v) is 16.0. The Morgan fingerprint density at radius 2 is 1.40 bits per heavy atom. The molecular weight excluding hydrogens is 310 g/mol. The summed E-state index contributed by atoms with van der Waals surface area (Å²) < 4.78 is 5.58. The monoisotopic (exact) mass is 337 g/mol. The summed E-state index contributed by atoms with van der Waals surface area (Å²) in [6, 6.07) is 17.4. The van der Waals surface area contributed by atoms with Crippen LogP contribution < -0.4 is 0 Å². The Hall–Kier alpha value is -2.42. The summed E-state index contributed by atoms with van der Waals surface area (Å²) in [5.74, 6) is -0.414. The maximum absolute atomic E-state index is 12.8. The number of esters is 1. The number of ether oxygens (including phenoxy) is 1. The molecule has 0 radical (unpaired) electrons. The van der Waals surface area contributed by atoms with Crippen LogP contribution >= 0.6 is 0 Å². The van der Waals surface area contributed by atoms with Gasteiger partial charge in [-0.15, -0.1) is 0 Å². The van der Waals surface area contributed by atoms with Crippen LogP contribution in [0.3, 0.4) is 0 Å². The molecular formula is C22H27NO2. The summed E-state index contributed by atoms with van der Waals surface area (Å²) >= 11 is 0. The molecule has 0 heterocycles. The van der Waals surface area contributed by atoms with Crippen LogP contribution in [0.25, 0.3) is 0 Å². The van der Waals surface area contributed by atoms with E-state index in [1.54, 1.807) is 0 Å². The van der Waals surface area contributed by atoms with Crippen LogP contribution in [0.5, 0.6) is 0 Å². The van der Waals surface area contributed by atoms with E-state index in [0.29, 0.717) is 5.71 Å². The van der Waals surface area contributed by atoms with E-state index >= 15 is 0 Å². The highest BCUT2D eigenvalue weighted by atomic mass is 16.6. The van der Waals surface area contributed by atoms with E-state index in [-0.39, 0.29) is 5.41 Å². The Morgan fingerprint density at radius 1 is 0.840 bits per heavy atom. The van der Waals surface area contributed by atoms with Gasteiger partial charge in [0.2, 0.25) is 0 Å². The number of benzene rings is 2. The largest absolute Gasteiger partial charge is 0.455 e. The van der Waals surface area contributed by atoms with Crippen LogP contribution in [0.15, 0.2) is 59.6 Å². The summed E-state index contributed by atoms with van der Waals surface area (Å²) in [5, 5.41) is 0. The third kappa shape index (κ3) is 5.28. The van der Waals surface area contributed by atoms with Crippen molar-refractivity contribution in [2.24, 2.45) is 4.99 Å². The van der Waals surface area contributed by atoms with Crippen LogP contribution in [0, 0.1) is 0 Å². The van der Waals surface area contributed by atoms with Gasteiger partial charge in [0.25, 0.3) is 0 Å². The number of carbonyl (C=O) groups is 1. The summed E-state index contributed by atoms with van der Waals surface area (Å²) in [6.45, 7) is 12.0. The first-order valence-electron chi connectivity index (χ1n) is 8.55. The molecule has 0 aliphatic heterocycles. The molecule has 0 spiro atoms. The molecule has 3 nitrogen and oxygen atoms in total. The van der Waals surface area contributed by atoms with E-state index < -0.39 is 11.6 Å². The van der Waals surface area contributed by atoms with Gasteiger partial charge in [-0.25, -0.2) is 9.79 Å².